The Morgan fingerprint density at radius 1 is 0.964 bits per heavy atom. The number of anilines is 1. The van der Waals surface area contributed by atoms with E-state index in [2.05, 4.69) is 10.6 Å². The summed E-state index contributed by atoms with van der Waals surface area (Å²) in [5.74, 6) is -1.09. The predicted molar refractivity (Wildman–Crippen MR) is 103 cm³/mol. The Morgan fingerprint density at radius 3 is 2.25 bits per heavy atom. The lowest BCUT2D eigenvalue weighted by Crippen LogP contribution is -2.30. The van der Waals surface area contributed by atoms with Crippen LogP contribution < -0.4 is 15.4 Å². The zero-order chi connectivity index (χ0) is 20.4. The Kier molecular flexibility index (Phi) is 7.98. The summed E-state index contributed by atoms with van der Waals surface area (Å²) in [6, 6.07) is 13.5. The molecule has 2 amide bonds. The minimum absolute atomic E-state index is 0.0615. The second-order valence-corrected chi connectivity index (χ2v) is 5.86. The number of carboxylic acid groups (broad SMARTS) is 1. The molecule has 0 atom stereocenters. The highest BCUT2D eigenvalue weighted by molar-refractivity contribution is 6.04. The molecule has 0 saturated carbocycles. The smallest absolute Gasteiger partial charge is 0.322 e. The Bertz CT molecular complexity index is 802. The van der Waals surface area contributed by atoms with Gasteiger partial charge in [0.05, 0.1) is 13.0 Å². The zero-order valence-corrected chi connectivity index (χ0v) is 15.4. The molecule has 28 heavy (non-hydrogen) atoms. The normalized spacial score (nSPS) is 10.2. The van der Waals surface area contributed by atoms with Crippen molar-refractivity contribution in [3.8, 4) is 5.75 Å². The van der Waals surface area contributed by atoms with Crippen molar-refractivity contribution in [2.75, 3.05) is 32.2 Å². The van der Waals surface area contributed by atoms with Crippen LogP contribution >= 0.6 is 0 Å². The SMILES string of the molecule is COCCOc1ccc(C(=O)Nc2ccc(CC(=O)NCC(=O)O)cc2)cc1. The first-order valence-corrected chi connectivity index (χ1v) is 8.58. The Labute approximate surface area is 162 Å². The van der Waals surface area contributed by atoms with Crippen LogP contribution in [0.15, 0.2) is 48.5 Å². The molecule has 0 aliphatic carbocycles. The minimum atomic E-state index is -1.10. The number of amides is 2. The van der Waals surface area contributed by atoms with Crippen molar-refractivity contribution in [3.63, 3.8) is 0 Å². The molecule has 0 aromatic heterocycles. The molecule has 0 aliphatic rings. The summed E-state index contributed by atoms with van der Waals surface area (Å²) in [5, 5.41) is 13.6. The quantitative estimate of drug-likeness (QED) is 0.536. The van der Waals surface area contributed by atoms with E-state index in [-0.39, 0.29) is 18.2 Å². The summed E-state index contributed by atoms with van der Waals surface area (Å²) in [5.41, 5.74) is 1.77. The van der Waals surface area contributed by atoms with Crippen molar-refractivity contribution in [2.24, 2.45) is 0 Å². The molecule has 0 aliphatic heterocycles. The van der Waals surface area contributed by atoms with E-state index in [9.17, 15) is 14.4 Å². The second kappa shape index (κ2) is 10.7. The van der Waals surface area contributed by atoms with Crippen LogP contribution in [0.1, 0.15) is 15.9 Å². The molecule has 148 valence electrons. The molecule has 0 fully saturated rings. The van der Waals surface area contributed by atoms with Gasteiger partial charge >= 0.3 is 5.97 Å². The van der Waals surface area contributed by atoms with Crippen molar-refractivity contribution < 1.29 is 29.0 Å². The molecule has 8 heteroatoms. The van der Waals surface area contributed by atoms with E-state index in [4.69, 9.17) is 14.6 Å². The van der Waals surface area contributed by atoms with Crippen LogP contribution in [0.4, 0.5) is 5.69 Å². The van der Waals surface area contributed by atoms with Gasteiger partial charge in [0.1, 0.15) is 18.9 Å². The van der Waals surface area contributed by atoms with Crippen molar-refractivity contribution in [2.45, 2.75) is 6.42 Å². The highest BCUT2D eigenvalue weighted by Gasteiger charge is 2.08. The Balaban J connectivity index is 1.86. The van der Waals surface area contributed by atoms with E-state index in [1.165, 1.54) is 0 Å². The van der Waals surface area contributed by atoms with E-state index < -0.39 is 12.5 Å². The highest BCUT2D eigenvalue weighted by atomic mass is 16.5. The van der Waals surface area contributed by atoms with Gasteiger partial charge in [-0.25, -0.2) is 0 Å². The molecular formula is C20H22N2O6. The van der Waals surface area contributed by atoms with Gasteiger partial charge < -0.3 is 25.2 Å². The average molecular weight is 386 g/mol. The summed E-state index contributed by atoms with van der Waals surface area (Å²) in [6.45, 7) is 0.505. The van der Waals surface area contributed by atoms with Gasteiger partial charge in [-0.05, 0) is 42.0 Å². The van der Waals surface area contributed by atoms with Gasteiger partial charge in [-0.15, -0.1) is 0 Å². The fourth-order valence-electron chi connectivity index (χ4n) is 2.28. The van der Waals surface area contributed by atoms with Gasteiger partial charge in [0, 0.05) is 18.4 Å². The molecule has 0 bridgehead atoms. The highest BCUT2D eigenvalue weighted by Crippen LogP contribution is 2.15. The summed E-state index contributed by atoms with van der Waals surface area (Å²) in [6.07, 6.45) is 0.0615. The molecule has 3 N–H and O–H groups in total. The molecule has 2 rings (SSSR count). The van der Waals surface area contributed by atoms with Crippen LogP contribution in [0.2, 0.25) is 0 Å². The van der Waals surface area contributed by atoms with Crippen LogP contribution in [0.5, 0.6) is 5.75 Å². The topological polar surface area (TPSA) is 114 Å². The molecular weight excluding hydrogens is 364 g/mol. The van der Waals surface area contributed by atoms with E-state index in [0.717, 1.165) is 0 Å². The van der Waals surface area contributed by atoms with Gasteiger partial charge in [-0.2, -0.15) is 0 Å². The minimum Gasteiger partial charge on any atom is -0.491 e. The first-order valence-electron chi connectivity index (χ1n) is 8.58. The lowest BCUT2D eigenvalue weighted by Gasteiger charge is -2.08. The van der Waals surface area contributed by atoms with Crippen LogP contribution in [0, 0.1) is 0 Å². The van der Waals surface area contributed by atoms with Crippen molar-refractivity contribution in [1.29, 1.82) is 0 Å². The number of aliphatic carboxylic acids is 1. The fourth-order valence-corrected chi connectivity index (χ4v) is 2.28. The number of hydrogen-bond donors (Lipinski definition) is 3. The maximum absolute atomic E-state index is 12.3. The lowest BCUT2D eigenvalue weighted by molar-refractivity contribution is -0.137. The number of rotatable bonds is 10. The van der Waals surface area contributed by atoms with Crippen LogP contribution in [-0.4, -0.2) is 49.8 Å². The van der Waals surface area contributed by atoms with E-state index >= 15 is 0 Å². The number of carbonyl (C=O) groups excluding carboxylic acids is 2. The standard InChI is InChI=1S/C20H22N2O6/c1-27-10-11-28-17-8-4-15(5-9-17)20(26)22-16-6-2-14(3-7-16)12-18(23)21-13-19(24)25/h2-9H,10-13H2,1H3,(H,21,23)(H,22,26)(H,24,25). The molecule has 0 unspecified atom stereocenters. The zero-order valence-electron chi connectivity index (χ0n) is 15.4. The fraction of sp³-hybridized carbons (Fsp3) is 0.250. The molecule has 0 saturated heterocycles. The third-order valence-corrected chi connectivity index (χ3v) is 3.69. The maximum atomic E-state index is 12.3. The first kappa shape index (κ1) is 20.9. The molecule has 0 spiro atoms. The van der Waals surface area contributed by atoms with E-state index in [1.54, 1.807) is 55.6 Å². The summed E-state index contributed by atoms with van der Waals surface area (Å²) >= 11 is 0. The van der Waals surface area contributed by atoms with Gasteiger partial charge in [0.15, 0.2) is 0 Å². The lowest BCUT2D eigenvalue weighted by atomic mass is 10.1. The maximum Gasteiger partial charge on any atom is 0.322 e. The predicted octanol–water partition coefficient (Wildman–Crippen LogP) is 1.71. The number of carbonyl (C=O) groups is 3. The van der Waals surface area contributed by atoms with Gasteiger partial charge in [-0.1, -0.05) is 12.1 Å². The van der Waals surface area contributed by atoms with Gasteiger partial charge in [0.2, 0.25) is 5.91 Å². The van der Waals surface area contributed by atoms with Gasteiger partial charge in [0.25, 0.3) is 5.91 Å². The monoisotopic (exact) mass is 386 g/mol. The van der Waals surface area contributed by atoms with Crippen LogP contribution in [0.25, 0.3) is 0 Å². The molecule has 2 aromatic carbocycles. The average Bonchev–Trinajstić information content (AvgIpc) is 2.68. The molecule has 0 radical (unpaired) electrons. The van der Waals surface area contributed by atoms with Crippen molar-refractivity contribution >= 4 is 23.5 Å². The van der Waals surface area contributed by atoms with Crippen LogP contribution in [0.3, 0.4) is 0 Å². The second-order valence-electron chi connectivity index (χ2n) is 5.86. The Hall–Kier alpha value is -3.39. The number of nitrogens with one attached hydrogen (secondary N) is 2. The van der Waals surface area contributed by atoms with E-state index in [0.29, 0.717) is 35.8 Å². The van der Waals surface area contributed by atoms with E-state index in [1.807, 2.05) is 0 Å². The third-order valence-electron chi connectivity index (χ3n) is 3.69. The Morgan fingerprint density at radius 2 is 1.64 bits per heavy atom. The largest absolute Gasteiger partial charge is 0.491 e. The first-order chi connectivity index (χ1) is 13.5. The summed E-state index contributed by atoms with van der Waals surface area (Å²) in [4.78, 5) is 34.4. The molecule has 8 nitrogen and oxygen atoms in total. The number of hydrogen-bond acceptors (Lipinski definition) is 5. The van der Waals surface area contributed by atoms with Crippen LogP contribution in [-0.2, 0) is 20.7 Å². The summed E-state index contributed by atoms with van der Waals surface area (Å²) < 4.78 is 10.4. The van der Waals surface area contributed by atoms with Crippen molar-refractivity contribution in [3.05, 3.63) is 59.7 Å². The molecule has 0 heterocycles. The van der Waals surface area contributed by atoms with Crippen molar-refractivity contribution in [1.82, 2.24) is 5.32 Å². The molecule has 2 aromatic rings. The number of ether oxygens (including phenoxy) is 2. The number of methoxy groups -OCH3 is 1. The number of benzene rings is 2. The van der Waals surface area contributed by atoms with Gasteiger partial charge in [-0.3, -0.25) is 14.4 Å². The third kappa shape index (κ3) is 7.08. The number of carboxylic acids is 1. The summed E-state index contributed by atoms with van der Waals surface area (Å²) in [7, 11) is 1.59.